The maximum Gasteiger partial charge on any atom is 0.223 e. The Bertz CT molecular complexity index is 1570. The van der Waals surface area contributed by atoms with Crippen LogP contribution in [0.15, 0.2) is 93.9 Å². The molecule has 0 radical (unpaired) electrons. The van der Waals surface area contributed by atoms with Crippen LogP contribution in [-0.4, -0.2) is 43.9 Å². The molecule has 3 aromatic carbocycles. The average molecular weight is 600 g/mol. The minimum atomic E-state index is -0.300. The summed E-state index contributed by atoms with van der Waals surface area (Å²) in [6, 6.07) is 24.7. The van der Waals surface area contributed by atoms with E-state index in [2.05, 4.69) is 26.2 Å². The summed E-state index contributed by atoms with van der Waals surface area (Å²) in [6.45, 7) is 3.19. The number of aryl methyl sites for hydroxylation is 1. The van der Waals surface area contributed by atoms with Crippen molar-refractivity contribution in [2.45, 2.75) is 31.7 Å². The molecule has 1 aliphatic rings. The lowest BCUT2D eigenvalue weighted by Gasteiger charge is -2.38. The van der Waals surface area contributed by atoms with Crippen molar-refractivity contribution >= 4 is 21.8 Å². The van der Waals surface area contributed by atoms with Gasteiger partial charge in [0.15, 0.2) is 11.7 Å². The third kappa shape index (κ3) is 5.34. The fourth-order valence-electron chi connectivity index (χ4n) is 4.88. The number of hydrogen-bond acceptors (Lipinski definition) is 5. The van der Waals surface area contributed by atoms with E-state index in [4.69, 9.17) is 9.40 Å². The highest BCUT2D eigenvalue weighted by molar-refractivity contribution is 9.10. The van der Waals surface area contributed by atoms with Crippen LogP contribution in [-0.2, 0) is 11.2 Å². The minimum Gasteiger partial charge on any atom is -0.440 e. The van der Waals surface area contributed by atoms with Crippen molar-refractivity contribution in [2.75, 3.05) is 13.1 Å². The second-order valence-electron chi connectivity index (χ2n) is 9.99. The van der Waals surface area contributed by atoms with Gasteiger partial charge in [-0.25, -0.2) is 14.1 Å². The van der Waals surface area contributed by atoms with Crippen molar-refractivity contribution in [1.82, 2.24) is 24.9 Å². The van der Waals surface area contributed by atoms with Gasteiger partial charge in [-0.15, -0.1) is 5.10 Å². The van der Waals surface area contributed by atoms with Crippen molar-refractivity contribution < 1.29 is 13.6 Å². The van der Waals surface area contributed by atoms with E-state index < -0.39 is 0 Å². The molecule has 0 spiro atoms. The van der Waals surface area contributed by atoms with Gasteiger partial charge < -0.3 is 9.32 Å². The first-order chi connectivity index (χ1) is 19.5. The number of aromatic nitrogens is 4. The van der Waals surface area contributed by atoms with Gasteiger partial charge in [-0.1, -0.05) is 71.9 Å². The molecular weight excluding hydrogens is 573 g/mol. The Kier molecular flexibility index (Phi) is 7.30. The van der Waals surface area contributed by atoms with E-state index in [0.29, 0.717) is 42.1 Å². The van der Waals surface area contributed by atoms with Gasteiger partial charge in [0, 0.05) is 49.2 Å². The zero-order valence-electron chi connectivity index (χ0n) is 21.9. The molecule has 0 aliphatic carbocycles. The third-order valence-corrected chi connectivity index (χ3v) is 7.92. The average Bonchev–Trinajstić information content (AvgIpc) is 3.61. The molecule has 1 fully saturated rings. The van der Waals surface area contributed by atoms with E-state index in [1.807, 2.05) is 78.7 Å². The Morgan fingerprint density at radius 1 is 1.05 bits per heavy atom. The first-order valence-corrected chi connectivity index (χ1v) is 14.0. The van der Waals surface area contributed by atoms with Gasteiger partial charge in [0.25, 0.3) is 0 Å². The molecule has 1 amide bonds. The number of likely N-dealkylation sites (tertiary alicyclic amines) is 1. The summed E-state index contributed by atoms with van der Waals surface area (Å²) in [5, 5.41) is 8.63. The Morgan fingerprint density at radius 3 is 2.45 bits per heavy atom. The van der Waals surface area contributed by atoms with Gasteiger partial charge in [-0.05, 0) is 40.5 Å². The largest absolute Gasteiger partial charge is 0.440 e. The number of rotatable bonds is 8. The third-order valence-electron chi connectivity index (χ3n) is 7.31. The van der Waals surface area contributed by atoms with Crippen LogP contribution in [0.3, 0.4) is 0 Å². The second-order valence-corrected chi connectivity index (χ2v) is 10.8. The van der Waals surface area contributed by atoms with Crippen molar-refractivity contribution in [1.29, 1.82) is 0 Å². The molecule has 7 nitrogen and oxygen atoms in total. The molecule has 40 heavy (non-hydrogen) atoms. The maximum atomic E-state index is 13.6. The molecule has 0 bridgehead atoms. The Balaban J connectivity index is 1.07. The van der Waals surface area contributed by atoms with Crippen molar-refractivity contribution in [3.63, 3.8) is 0 Å². The maximum absolute atomic E-state index is 13.6. The van der Waals surface area contributed by atoms with Crippen molar-refractivity contribution in [3.05, 3.63) is 112 Å². The molecule has 1 saturated heterocycles. The lowest BCUT2D eigenvalue weighted by atomic mass is 9.96. The molecule has 1 aliphatic heterocycles. The summed E-state index contributed by atoms with van der Waals surface area (Å²) in [6.07, 6.45) is 2.66. The topological polar surface area (TPSA) is 77.0 Å². The van der Waals surface area contributed by atoms with Crippen LogP contribution in [0.2, 0.25) is 0 Å². The predicted octanol–water partition coefficient (Wildman–Crippen LogP) is 6.67. The van der Waals surface area contributed by atoms with Crippen LogP contribution in [0, 0.1) is 5.82 Å². The van der Waals surface area contributed by atoms with Crippen LogP contribution in [0.4, 0.5) is 4.39 Å². The normalized spacial score (nSPS) is 14.2. The highest BCUT2D eigenvalue weighted by Gasteiger charge is 2.34. The summed E-state index contributed by atoms with van der Waals surface area (Å²) < 4.78 is 22.0. The zero-order chi connectivity index (χ0) is 27.6. The lowest BCUT2D eigenvalue weighted by Crippen LogP contribution is -2.48. The summed E-state index contributed by atoms with van der Waals surface area (Å²) >= 11 is 3.24. The highest BCUT2D eigenvalue weighted by Crippen LogP contribution is 2.33. The van der Waals surface area contributed by atoms with Crippen molar-refractivity contribution in [2.24, 2.45) is 0 Å². The molecule has 0 unspecified atom stereocenters. The number of hydrogen-bond donors (Lipinski definition) is 0. The number of oxazole rings is 1. The molecule has 1 atom stereocenters. The monoisotopic (exact) mass is 599 g/mol. The predicted molar refractivity (Wildman–Crippen MR) is 153 cm³/mol. The molecule has 3 heterocycles. The van der Waals surface area contributed by atoms with Crippen LogP contribution in [0.25, 0.3) is 22.6 Å². The number of carbonyl (C=O) groups is 1. The van der Waals surface area contributed by atoms with Crippen LogP contribution >= 0.6 is 15.9 Å². The van der Waals surface area contributed by atoms with E-state index in [9.17, 15) is 9.18 Å². The lowest BCUT2D eigenvalue weighted by molar-refractivity contribution is -0.135. The quantitative estimate of drug-likeness (QED) is 0.199. The number of carbonyl (C=O) groups excluding carboxylic acids is 1. The van der Waals surface area contributed by atoms with Crippen LogP contribution < -0.4 is 0 Å². The van der Waals surface area contributed by atoms with Crippen LogP contribution in [0.5, 0.6) is 0 Å². The summed E-state index contributed by atoms with van der Waals surface area (Å²) in [5.41, 5.74) is 4.48. The standard InChI is InChI=1S/C31H27BrFN5O2/c1-20(23-12-13-26(33)25(32)16-23)38-19-27(35-36-38)24-17-37(18-24)29(39)15-14-28-34-30(21-8-4-2-5-9-21)31(40-28)22-10-6-3-7-11-22/h2-13,16,19-20,24H,14-15,17-18H2,1H3/t20-/m0/s1. The molecular formula is C31H27BrFN5O2. The van der Waals surface area contributed by atoms with Gasteiger partial charge in [-0.3, -0.25) is 4.79 Å². The number of halogens is 2. The van der Waals surface area contributed by atoms with Crippen molar-refractivity contribution in [3.8, 4) is 22.6 Å². The first-order valence-electron chi connectivity index (χ1n) is 13.2. The molecule has 5 aromatic rings. The van der Waals surface area contributed by atoms with Gasteiger partial charge in [0.2, 0.25) is 5.91 Å². The van der Waals surface area contributed by atoms with E-state index in [1.165, 1.54) is 6.07 Å². The Labute approximate surface area is 239 Å². The second kappa shape index (κ2) is 11.2. The fourth-order valence-corrected chi connectivity index (χ4v) is 5.28. The van der Waals surface area contributed by atoms with Crippen LogP contribution in [0.1, 0.15) is 42.5 Å². The Hall–Kier alpha value is -4.11. The van der Waals surface area contributed by atoms with Gasteiger partial charge in [-0.2, -0.15) is 0 Å². The summed E-state index contributed by atoms with van der Waals surface area (Å²) in [4.78, 5) is 19.5. The first kappa shape index (κ1) is 26.1. The smallest absolute Gasteiger partial charge is 0.223 e. The molecule has 6 rings (SSSR count). The molecule has 0 N–H and O–H groups in total. The van der Waals surface area contributed by atoms with Gasteiger partial charge in [0.1, 0.15) is 11.5 Å². The molecule has 202 valence electrons. The highest BCUT2D eigenvalue weighted by atomic mass is 79.9. The molecule has 0 saturated carbocycles. The summed E-state index contributed by atoms with van der Waals surface area (Å²) in [7, 11) is 0. The van der Waals surface area contributed by atoms with Gasteiger partial charge in [0.05, 0.1) is 16.2 Å². The fraction of sp³-hybridized carbons (Fsp3) is 0.226. The molecule has 2 aromatic heterocycles. The van der Waals surface area contributed by atoms with Gasteiger partial charge >= 0.3 is 0 Å². The van der Waals surface area contributed by atoms with E-state index >= 15 is 0 Å². The number of amides is 1. The zero-order valence-corrected chi connectivity index (χ0v) is 23.5. The SMILES string of the molecule is C[C@@H](c1ccc(F)c(Br)c1)n1cc(C2CN(C(=O)CCc3nc(-c4ccccc4)c(-c4ccccc4)o3)C2)nn1. The number of benzene rings is 3. The molecule has 9 heteroatoms. The Morgan fingerprint density at radius 2 is 1.75 bits per heavy atom. The summed E-state index contributed by atoms with van der Waals surface area (Å²) in [5.74, 6) is 1.16. The van der Waals surface area contributed by atoms with E-state index in [1.54, 1.807) is 16.8 Å². The number of nitrogens with zero attached hydrogens (tertiary/aromatic N) is 5. The minimum absolute atomic E-state index is 0.0638. The van der Waals surface area contributed by atoms with E-state index in [0.717, 1.165) is 28.1 Å². The van der Waals surface area contributed by atoms with E-state index in [-0.39, 0.29) is 23.7 Å².